The van der Waals surface area contributed by atoms with Crippen LogP contribution in [-0.2, 0) is 6.54 Å². The second-order valence-electron chi connectivity index (χ2n) is 3.55. The number of aliphatic hydroxyl groups is 1. The maximum absolute atomic E-state index is 9.21. The van der Waals surface area contributed by atoms with Crippen molar-refractivity contribution in [2.24, 2.45) is 5.92 Å². The SMILES string of the molecule is CCC(C)Cn1cc(C(C)O)nn1. The Kier molecular flexibility index (Phi) is 3.42. The number of nitrogens with zero attached hydrogens (tertiary/aromatic N) is 3. The number of hydrogen-bond acceptors (Lipinski definition) is 3. The Morgan fingerprint density at radius 1 is 1.54 bits per heavy atom. The van der Waals surface area contributed by atoms with Crippen LogP contribution in [0.25, 0.3) is 0 Å². The van der Waals surface area contributed by atoms with Gasteiger partial charge in [-0.2, -0.15) is 0 Å². The molecule has 0 saturated carbocycles. The molecule has 4 nitrogen and oxygen atoms in total. The third-order valence-corrected chi connectivity index (χ3v) is 2.18. The molecule has 1 rings (SSSR count). The largest absolute Gasteiger partial charge is 0.387 e. The van der Waals surface area contributed by atoms with Crippen LogP contribution in [0.2, 0.25) is 0 Å². The first-order chi connectivity index (χ1) is 6.13. The predicted molar refractivity (Wildman–Crippen MR) is 50.1 cm³/mol. The Labute approximate surface area is 78.6 Å². The molecule has 74 valence electrons. The Morgan fingerprint density at radius 3 is 2.69 bits per heavy atom. The van der Waals surface area contributed by atoms with Crippen molar-refractivity contribution in [3.63, 3.8) is 0 Å². The van der Waals surface area contributed by atoms with Gasteiger partial charge in [-0.15, -0.1) is 5.10 Å². The molecule has 0 radical (unpaired) electrons. The summed E-state index contributed by atoms with van der Waals surface area (Å²) in [4.78, 5) is 0. The third-order valence-electron chi connectivity index (χ3n) is 2.18. The lowest BCUT2D eigenvalue weighted by Crippen LogP contribution is -2.07. The summed E-state index contributed by atoms with van der Waals surface area (Å²) in [7, 11) is 0. The molecule has 0 spiro atoms. The second kappa shape index (κ2) is 4.37. The average Bonchev–Trinajstić information content (AvgIpc) is 2.52. The van der Waals surface area contributed by atoms with Crippen LogP contribution in [0.3, 0.4) is 0 Å². The zero-order valence-electron chi connectivity index (χ0n) is 8.44. The van der Waals surface area contributed by atoms with Crippen molar-refractivity contribution in [1.82, 2.24) is 15.0 Å². The lowest BCUT2D eigenvalue weighted by atomic mass is 10.1. The Bertz CT molecular complexity index is 257. The zero-order chi connectivity index (χ0) is 9.84. The van der Waals surface area contributed by atoms with Crippen molar-refractivity contribution in [2.75, 3.05) is 0 Å². The van der Waals surface area contributed by atoms with Gasteiger partial charge >= 0.3 is 0 Å². The molecule has 4 heteroatoms. The fourth-order valence-electron chi connectivity index (χ4n) is 1.04. The minimum Gasteiger partial charge on any atom is -0.387 e. The van der Waals surface area contributed by atoms with E-state index in [1.807, 2.05) is 0 Å². The second-order valence-corrected chi connectivity index (χ2v) is 3.55. The highest BCUT2D eigenvalue weighted by Crippen LogP contribution is 2.09. The molecule has 0 aliphatic rings. The van der Waals surface area contributed by atoms with Crippen LogP contribution in [0.5, 0.6) is 0 Å². The average molecular weight is 183 g/mol. The predicted octanol–water partition coefficient (Wildman–Crippen LogP) is 1.38. The summed E-state index contributed by atoms with van der Waals surface area (Å²) in [5, 5.41) is 17.0. The minimum atomic E-state index is -0.523. The van der Waals surface area contributed by atoms with E-state index >= 15 is 0 Å². The van der Waals surface area contributed by atoms with E-state index in [2.05, 4.69) is 24.2 Å². The standard InChI is InChI=1S/C9H17N3O/c1-4-7(2)5-12-6-9(8(3)13)10-11-12/h6-8,13H,4-5H2,1-3H3. The van der Waals surface area contributed by atoms with Crippen molar-refractivity contribution in [3.8, 4) is 0 Å². The highest BCUT2D eigenvalue weighted by molar-refractivity contribution is 4.95. The Morgan fingerprint density at radius 2 is 2.23 bits per heavy atom. The van der Waals surface area contributed by atoms with Gasteiger partial charge in [0.25, 0.3) is 0 Å². The number of rotatable bonds is 4. The van der Waals surface area contributed by atoms with Crippen molar-refractivity contribution in [3.05, 3.63) is 11.9 Å². The normalized spacial score (nSPS) is 15.7. The molecule has 0 saturated heterocycles. The van der Waals surface area contributed by atoms with Gasteiger partial charge in [0.1, 0.15) is 5.69 Å². The van der Waals surface area contributed by atoms with E-state index in [-0.39, 0.29) is 0 Å². The van der Waals surface area contributed by atoms with Gasteiger partial charge in [0.05, 0.1) is 12.3 Å². The molecule has 1 aromatic rings. The van der Waals surface area contributed by atoms with Crippen LogP contribution in [0.4, 0.5) is 0 Å². The van der Waals surface area contributed by atoms with Gasteiger partial charge in [-0.1, -0.05) is 25.5 Å². The summed E-state index contributed by atoms with van der Waals surface area (Å²) >= 11 is 0. The van der Waals surface area contributed by atoms with Gasteiger partial charge in [0.15, 0.2) is 0 Å². The molecular formula is C9H17N3O. The number of aliphatic hydroxyl groups excluding tert-OH is 1. The molecule has 0 amide bonds. The Hall–Kier alpha value is -0.900. The van der Waals surface area contributed by atoms with Crippen molar-refractivity contribution >= 4 is 0 Å². The summed E-state index contributed by atoms with van der Waals surface area (Å²) in [5.74, 6) is 0.601. The fraction of sp³-hybridized carbons (Fsp3) is 0.778. The van der Waals surface area contributed by atoms with E-state index in [9.17, 15) is 5.11 Å². The van der Waals surface area contributed by atoms with Crippen LogP contribution in [0.1, 0.15) is 39.0 Å². The molecule has 0 bridgehead atoms. The molecule has 2 unspecified atom stereocenters. The van der Waals surface area contributed by atoms with Crippen molar-refractivity contribution in [2.45, 2.75) is 39.8 Å². The molecule has 0 fully saturated rings. The lowest BCUT2D eigenvalue weighted by Gasteiger charge is -2.06. The van der Waals surface area contributed by atoms with E-state index in [0.29, 0.717) is 11.6 Å². The minimum absolute atomic E-state index is 0.523. The maximum Gasteiger partial charge on any atom is 0.111 e. The van der Waals surface area contributed by atoms with E-state index in [0.717, 1.165) is 13.0 Å². The summed E-state index contributed by atoms with van der Waals surface area (Å²) in [5.41, 5.74) is 0.642. The molecule has 2 atom stereocenters. The van der Waals surface area contributed by atoms with Gasteiger partial charge < -0.3 is 5.11 Å². The maximum atomic E-state index is 9.21. The summed E-state index contributed by atoms with van der Waals surface area (Å²) in [6.07, 6.45) is 2.41. The van der Waals surface area contributed by atoms with Crippen LogP contribution < -0.4 is 0 Å². The Balaban J connectivity index is 2.58. The topological polar surface area (TPSA) is 50.9 Å². The van der Waals surface area contributed by atoms with E-state index in [4.69, 9.17) is 0 Å². The van der Waals surface area contributed by atoms with Gasteiger partial charge in [0, 0.05) is 6.54 Å². The first kappa shape index (κ1) is 10.2. The van der Waals surface area contributed by atoms with Crippen LogP contribution >= 0.6 is 0 Å². The number of aromatic nitrogens is 3. The molecule has 1 N–H and O–H groups in total. The molecule has 0 aromatic carbocycles. The number of hydrogen-bond donors (Lipinski definition) is 1. The zero-order valence-corrected chi connectivity index (χ0v) is 8.44. The monoisotopic (exact) mass is 183 g/mol. The van der Waals surface area contributed by atoms with Crippen molar-refractivity contribution < 1.29 is 5.11 Å². The quantitative estimate of drug-likeness (QED) is 0.767. The highest BCUT2D eigenvalue weighted by atomic mass is 16.3. The van der Waals surface area contributed by atoms with Gasteiger partial charge in [-0.05, 0) is 12.8 Å². The fourth-order valence-corrected chi connectivity index (χ4v) is 1.04. The van der Waals surface area contributed by atoms with Crippen molar-refractivity contribution in [1.29, 1.82) is 0 Å². The molecule has 0 aliphatic heterocycles. The third kappa shape index (κ3) is 2.81. The smallest absolute Gasteiger partial charge is 0.111 e. The van der Waals surface area contributed by atoms with E-state index < -0.39 is 6.10 Å². The van der Waals surface area contributed by atoms with E-state index in [1.54, 1.807) is 17.8 Å². The van der Waals surface area contributed by atoms with Crippen LogP contribution in [0.15, 0.2) is 6.20 Å². The molecular weight excluding hydrogens is 166 g/mol. The summed E-state index contributed by atoms with van der Waals surface area (Å²) in [6.45, 7) is 6.88. The van der Waals surface area contributed by atoms with Crippen LogP contribution in [-0.4, -0.2) is 20.1 Å². The van der Waals surface area contributed by atoms with Crippen LogP contribution in [0, 0.1) is 5.92 Å². The van der Waals surface area contributed by atoms with Gasteiger partial charge in [-0.3, -0.25) is 4.68 Å². The van der Waals surface area contributed by atoms with E-state index in [1.165, 1.54) is 0 Å². The highest BCUT2D eigenvalue weighted by Gasteiger charge is 2.07. The molecule has 13 heavy (non-hydrogen) atoms. The lowest BCUT2D eigenvalue weighted by molar-refractivity contribution is 0.194. The van der Waals surface area contributed by atoms with Gasteiger partial charge in [-0.25, -0.2) is 0 Å². The molecule has 0 aliphatic carbocycles. The molecule has 1 heterocycles. The van der Waals surface area contributed by atoms with Gasteiger partial charge in [0.2, 0.25) is 0 Å². The summed E-state index contributed by atoms with van der Waals surface area (Å²) < 4.78 is 1.79. The summed E-state index contributed by atoms with van der Waals surface area (Å²) in [6, 6.07) is 0. The molecule has 1 aromatic heterocycles. The first-order valence-corrected chi connectivity index (χ1v) is 4.71. The first-order valence-electron chi connectivity index (χ1n) is 4.71.